The predicted molar refractivity (Wildman–Crippen MR) is 223 cm³/mol. The molecule has 4 fully saturated rings. The number of piperidine rings is 1. The first kappa shape index (κ1) is 37.1. The molecule has 2 N–H and O–H groups in total. The molecule has 2 atom stereocenters. The van der Waals surface area contributed by atoms with E-state index in [0.29, 0.717) is 30.7 Å². The van der Waals surface area contributed by atoms with Crippen LogP contribution in [0.2, 0.25) is 0 Å². The van der Waals surface area contributed by atoms with Crippen LogP contribution in [0.4, 0.5) is 26.7 Å². The molecule has 1 aliphatic carbocycles. The molecule has 296 valence electrons. The summed E-state index contributed by atoms with van der Waals surface area (Å²) in [6.45, 7) is 8.97. The molecule has 4 aromatic rings. The SMILES string of the molecule is O=C1CCN(c2ccc(N3CCN(C4CCN(C(=O)N5CCN(c6ccc([C@@H]7c8ccc(O)cc8CC[C@@H]7c7ccccc7)cc6)CC5)CC4)CC3)cc2)C(=O)N1. The van der Waals surface area contributed by atoms with E-state index in [4.69, 9.17) is 0 Å². The number of amides is 5. The number of likely N-dealkylation sites (tertiary alicyclic amines) is 1. The van der Waals surface area contributed by atoms with Crippen LogP contribution in [0.25, 0.3) is 0 Å². The third-order valence-corrected chi connectivity index (χ3v) is 13.1. The lowest BCUT2D eigenvalue weighted by Crippen LogP contribution is -2.57. The second-order valence-corrected chi connectivity index (χ2v) is 16.3. The number of rotatable bonds is 6. The summed E-state index contributed by atoms with van der Waals surface area (Å²) in [5.41, 5.74) is 8.37. The van der Waals surface area contributed by atoms with Gasteiger partial charge in [-0.05, 0) is 102 Å². The fourth-order valence-corrected chi connectivity index (χ4v) is 9.95. The summed E-state index contributed by atoms with van der Waals surface area (Å²) in [5.74, 6) is 0.718. The molecule has 5 amide bonds. The predicted octanol–water partition coefficient (Wildman–Crippen LogP) is 6.23. The molecule has 0 unspecified atom stereocenters. The summed E-state index contributed by atoms with van der Waals surface area (Å²) in [4.78, 5) is 50.6. The van der Waals surface area contributed by atoms with Crippen LogP contribution >= 0.6 is 0 Å². The number of phenolic OH excluding ortho intramolecular Hbond substituents is 1. The Hall–Kier alpha value is -5.55. The number of urea groups is 2. The summed E-state index contributed by atoms with van der Waals surface area (Å²) >= 11 is 0. The monoisotopic (exact) mass is 767 g/mol. The Balaban J connectivity index is 0.745. The summed E-state index contributed by atoms with van der Waals surface area (Å²) in [6.07, 6.45) is 4.34. The van der Waals surface area contributed by atoms with Crippen LogP contribution in [0, 0.1) is 0 Å². The van der Waals surface area contributed by atoms with Gasteiger partial charge in [0, 0.05) is 107 Å². The zero-order valence-corrected chi connectivity index (χ0v) is 32.6. The summed E-state index contributed by atoms with van der Waals surface area (Å²) in [6, 6.07) is 34.2. The van der Waals surface area contributed by atoms with Crippen molar-refractivity contribution in [3.63, 3.8) is 0 Å². The molecule has 5 aliphatic rings. The Morgan fingerprint density at radius 3 is 1.88 bits per heavy atom. The molecule has 0 saturated carbocycles. The topological polar surface area (TPSA) is 103 Å². The van der Waals surface area contributed by atoms with E-state index in [2.05, 4.69) is 97.7 Å². The van der Waals surface area contributed by atoms with Gasteiger partial charge in [-0.25, -0.2) is 9.59 Å². The highest BCUT2D eigenvalue weighted by Gasteiger charge is 2.34. The first-order chi connectivity index (χ1) is 27.9. The fourth-order valence-electron chi connectivity index (χ4n) is 9.95. The number of benzene rings is 4. The minimum atomic E-state index is -0.357. The Morgan fingerprint density at radius 2 is 1.21 bits per heavy atom. The molecule has 0 radical (unpaired) electrons. The molecule has 4 saturated heterocycles. The van der Waals surface area contributed by atoms with E-state index in [0.717, 1.165) is 103 Å². The molecule has 0 aromatic heterocycles. The van der Waals surface area contributed by atoms with Crippen LogP contribution in [0.1, 0.15) is 59.8 Å². The van der Waals surface area contributed by atoms with Crippen molar-refractivity contribution in [2.24, 2.45) is 0 Å². The number of imide groups is 1. The minimum absolute atomic E-state index is 0.180. The lowest BCUT2D eigenvalue weighted by Gasteiger charge is -2.44. The maximum Gasteiger partial charge on any atom is 0.328 e. The van der Waals surface area contributed by atoms with Gasteiger partial charge in [0.05, 0.1) is 0 Å². The van der Waals surface area contributed by atoms with E-state index in [1.807, 2.05) is 29.2 Å². The molecule has 4 aliphatic heterocycles. The number of nitrogens with zero attached hydrogens (tertiary/aromatic N) is 6. The summed E-state index contributed by atoms with van der Waals surface area (Å²) in [5, 5.41) is 12.6. The lowest BCUT2D eigenvalue weighted by atomic mass is 9.69. The molecule has 4 aromatic carbocycles. The van der Waals surface area contributed by atoms with Crippen molar-refractivity contribution in [3.8, 4) is 5.75 Å². The zero-order chi connectivity index (χ0) is 38.9. The van der Waals surface area contributed by atoms with Crippen LogP contribution in [0.3, 0.4) is 0 Å². The van der Waals surface area contributed by atoms with Gasteiger partial charge < -0.3 is 24.7 Å². The second kappa shape index (κ2) is 16.1. The van der Waals surface area contributed by atoms with Crippen molar-refractivity contribution >= 4 is 35.0 Å². The van der Waals surface area contributed by atoms with Crippen LogP contribution in [0.5, 0.6) is 5.75 Å². The molecule has 57 heavy (non-hydrogen) atoms. The van der Waals surface area contributed by atoms with E-state index in [9.17, 15) is 19.5 Å². The lowest BCUT2D eigenvalue weighted by molar-refractivity contribution is -0.120. The van der Waals surface area contributed by atoms with E-state index in [-0.39, 0.29) is 23.9 Å². The average molecular weight is 768 g/mol. The third-order valence-electron chi connectivity index (χ3n) is 13.1. The third kappa shape index (κ3) is 7.77. The number of piperazine rings is 2. The molecule has 0 bridgehead atoms. The highest BCUT2D eigenvalue weighted by atomic mass is 16.3. The van der Waals surface area contributed by atoms with E-state index in [1.165, 1.54) is 27.9 Å². The molecular weight excluding hydrogens is 715 g/mol. The normalized spacial score (nSPS) is 22.4. The summed E-state index contributed by atoms with van der Waals surface area (Å²) in [7, 11) is 0. The molecule has 9 rings (SSSR count). The number of carbonyl (C=O) groups is 3. The Bertz CT molecular complexity index is 2050. The van der Waals surface area contributed by atoms with Crippen molar-refractivity contribution in [3.05, 3.63) is 119 Å². The van der Waals surface area contributed by atoms with Crippen molar-refractivity contribution in [2.45, 2.75) is 50.0 Å². The standard InChI is InChI=1S/C46H53N7O4/c54-40-15-17-42-35(32-40)8-16-41(33-4-2-1-3-5-33)44(42)34-6-9-36(10-7-34)49-28-30-52(31-29-49)46(57)51-21-18-38(19-22-51)50-26-24-48(25-27-50)37-11-13-39(14-12-37)53-23-20-43(55)47-45(53)56/h1-7,9-15,17,32,38,41,44,54H,8,16,18-31H2,(H,47,55,56)/t41-,44+/m1/s1. The van der Waals surface area contributed by atoms with Crippen molar-refractivity contribution in [1.29, 1.82) is 0 Å². The number of phenols is 1. The van der Waals surface area contributed by atoms with Crippen molar-refractivity contribution < 1.29 is 19.5 Å². The van der Waals surface area contributed by atoms with Gasteiger partial charge in [-0.1, -0.05) is 48.5 Å². The minimum Gasteiger partial charge on any atom is -0.508 e. The number of nitrogens with one attached hydrogen (secondary N) is 1. The molecule has 0 spiro atoms. The maximum atomic E-state index is 13.7. The largest absolute Gasteiger partial charge is 0.508 e. The summed E-state index contributed by atoms with van der Waals surface area (Å²) < 4.78 is 0. The molecule has 4 heterocycles. The van der Waals surface area contributed by atoms with Gasteiger partial charge in [0.25, 0.3) is 0 Å². The number of aryl methyl sites for hydroxylation is 1. The first-order valence-corrected chi connectivity index (χ1v) is 20.8. The quantitative estimate of drug-likeness (QED) is 0.240. The van der Waals surface area contributed by atoms with Gasteiger partial charge in [-0.3, -0.25) is 19.9 Å². The van der Waals surface area contributed by atoms with Crippen LogP contribution in [0.15, 0.2) is 97.1 Å². The van der Waals surface area contributed by atoms with Crippen molar-refractivity contribution in [2.75, 3.05) is 86.7 Å². The van der Waals surface area contributed by atoms with E-state index in [1.54, 1.807) is 4.90 Å². The van der Waals surface area contributed by atoms with Gasteiger partial charge in [-0.2, -0.15) is 0 Å². The molecule has 11 heteroatoms. The maximum absolute atomic E-state index is 13.7. The molecule has 11 nitrogen and oxygen atoms in total. The van der Waals surface area contributed by atoms with Gasteiger partial charge >= 0.3 is 12.1 Å². The van der Waals surface area contributed by atoms with Gasteiger partial charge in [-0.15, -0.1) is 0 Å². The second-order valence-electron chi connectivity index (χ2n) is 16.3. The van der Waals surface area contributed by atoms with Crippen LogP contribution in [-0.4, -0.2) is 116 Å². The number of hydrogen-bond donors (Lipinski definition) is 2. The highest BCUT2D eigenvalue weighted by Crippen LogP contribution is 2.47. The highest BCUT2D eigenvalue weighted by molar-refractivity contribution is 6.05. The number of anilines is 3. The Kier molecular flexibility index (Phi) is 10.5. The smallest absolute Gasteiger partial charge is 0.328 e. The first-order valence-electron chi connectivity index (χ1n) is 20.8. The van der Waals surface area contributed by atoms with Crippen LogP contribution < -0.4 is 20.0 Å². The van der Waals surface area contributed by atoms with Crippen molar-refractivity contribution in [1.82, 2.24) is 20.0 Å². The zero-order valence-electron chi connectivity index (χ0n) is 32.6. The number of aromatic hydroxyl groups is 1. The number of fused-ring (bicyclic) bond motifs is 1. The Morgan fingerprint density at radius 1 is 0.596 bits per heavy atom. The van der Waals surface area contributed by atoms with Gasteiger partial charge in [0.1, 0.15) is 5.75 Å². The average Bonchev–Trinajstić information content (AvgIpc) is 3.26. The van der Waals surface area contributed by atoms with Gasteiger partial charge in [0.15, 0.2) is 0 Å². The van der Waals surface area contributed by atoms with E-state index >= 15 is 0 Å². The van der Waals surface area contributed by atoms with Crippen LogP contribution in [-0.2, 0) is 11.2 Å². The van der Waals surface area contributed by atoms with E-state index < -0.39 is 0 Å². The molecular formula is C46H53N7O4. The Labute approximate surface area is 335 Å². The number of carbonyl (C=O) groups excluding carboxylic acids is 3. The number of hydrogen-bond acceptors (Lipinski definition) is 7. The van der Waals surface area contributed by atoms with Gasteiger partial charge in [0.2, 0.25) is 5.91 Å². The fraction of sp³-hybridized carbons (Fsp3) is 0.413.